The first-order chi connectivity index (χ1) is 7.93. The predicted octanol–water partition coefficient (Wildman–Crippen LogP) is 4.05. The molecule has 0 aromatic carbocycles. The normalized spacial score (nSPS) is 35.2. The Morgan fingerprint density at radius 1 is 1.29 bits per heavy atom. The van der Waals surface area contributed by atoms with Gasteiger partial charge in [0.15, 0.2) is 0 Å². The summed E-state index contributed by atoms with van der Waals surface area (Å²) in [6.07, 6.45) is 3.29. The van der Waals surface area contributed by atoms with Gasteiger partial charge >= 0.3 is 5.97 Å². The van der Waals surface area contributed by atoms with E-state index >= 15 is 0 Å². The van der Waals surface area contributed by atoms with Crippen LogP contribution in [0.2, 0.25) is 0 Å². The molecule has 5 atom stereocenters. The van der Waals surface area contributed by atoms with Crippen molar-refractivity contribution in [2.24, 2.45) is 35.5 Å². The van der Waals surface area contributed by atoms with E-state index in [1.165, 1.54) is 12.8 Å². The van der Waals surface area contributed by atoms with Crippen LogP contribution < -0.4 is 0 Å². The highest BCUT2D eigenvalue weighted by atomic mass is 16.4. The van der Waals surface area contributed by atoms with E-state index in [-0.39, 0.29) is 5.92 Å². The van der Waals surface area contributed by atoms with Crippen LogP contribution in [0.3, 0.4) is 0 Å². The van der Waals surface area contributed by atoms with Gasteiger partial charge in [-0.3, -0.25) is 4.79 Å². The molecule has 1 aliphatic rings. The summed E-state index contributed by atoms with van der Waals surface area (Å²) in [7, 11) is 0. The van der Waals surface area contributed by atoms with Crippen molar-refractivity contribution in [1.82, 2.24) is 0 Å². The third kappa shape index (κ3) is 2.83. The largest absolute Gasteiger partial charge is 0.481 e. The van der Waals surface area contributed by atoms with E-state index in [2.05, 4.69) is 34.6 Å². The highest BCUT2D eigenvalue weighted by molar-refractivity contribution is 5.70. The molecule has 5 unspecified atom stereocenters. The van der Waals surface area contributed by atoms with Gasteiger partial charge in [-0.2, -0.15) is 0 Å². The van der Waals surface area contributed by atoms with Crippen molar-refractivity contribution < 1.29 is 9.90 Å². The summed E-state index contributed by atoms with van der Waals surface area (Å²) in [5.74, 6) is 2.16. The first kappa shape index (κ1) is 14.5. The van der Waals surface area contributed by atoms with Crippen molar-refractivity contribution in [2.75, 3.05) is 0 Å². The minimum atomic E-state index is -0.594. The average Bonchev–Trinajstić information content (AvgIpc) is 2.56. The van der Waals surface area contributed by atoms with Crippen LogP contribution in [-0.2, 0) is 4.79 Å². The molecule has 2 heteroatoms. The van der Waals surface area contributed by atoms with Crippen LogP contribution in [0, 0.1) is 35.5 Å². The molecule has 0 aromatic heterocycles. The third-order valence-corrected chi connectivity index (χ3v) is 5.24. The monoisotopic (exact) mass is 240 g/mol. The first-order valence-corrected chi connectivity index (χ1v) is 7.16. The smallest absolute Gasteiger partial charge is 0.306 e. The van der Waals surface area contributed by atoms with Gasteiger partial charge in [0.1, 0.15) is 0 Å². The maximum atomic E-state index is 11.2. The van der Waals surface area contributed by atoms with Crippen molar-refractivity contribution >= 4 is 5.97 Å². The fraction of sp³-hybridized carbons (Fsp3) is 0.933. The van der Waals surface area contributed by atoms with Gasteiger partial charge < -0.3 is 5.11 Å². The number of carboxylic acids is 1. The van der Waals surface area contributed by atoms with Crippen LogP contribution in [0.1, 0.15) is 53.9 Å². The molecule has 1 N–H and O–H groups in total. The molecule has 1 saturated carbocycles. The number of rotatable bonds is 5. The number of hydrogen-bond donors (Lipinski definition) is 1. The Balaban J connectivity index is 2.79. The molecule has 100 valence electrons. The Kier molecular flexibility index (Phi) is 5.03. The van der Waals surface area contributed by atoms with E-state index in [4.69, 9.17) is 0 Å². The van der Waals surface area contributed by atoms with Crippen molar-refractivity contribution in [2.45, 2.75) is 53.9 Å². The zero-order chi connectivity index (χ0) is 13.2. The van der Waals surface area contributed by atoms with Gasteiger partial charge in [-0.25, -0.2) is 0 Å². The fourth-order valence-electron chi connectivity index (χ4n) is 4.23. The van der Waals surface area contributed by atoms with Gasteiger partial charge in [0.2, 0.25) is 0 Å². The van der Waals surface area contributed by atoms with Crippen molar-refractivity contribution in [3.63, 3.8) is 0 Å². The van der Waals surface area contributed by atoms with Gasteiger partial charge in [0.05, 0.1) is 5.92 Å². The number of carbonyl (C=O) groups is 1. The van der Waals surface area contributed by atoms with Gasteiger partial charge in [-0.15, -0.1) is 0 Å². The van der Waals surface area contributed by atoms with E-state index in [1.54, 1.807) is 0 Å². The highest BCUT2D eigenvalue weighted by Gasteiger charge is 2.45. The van der Waals surface area contributed by atoms with Crippen LogP contribution in [0.4, 0.5) is 0 Å². The minimum Gasteiger partial charge on any atom is -0.481 e. The second-order valence-corrected chi connectivity index (χ2v) is 6.03. The molecule has 1 aliphatic carbocycles. The Morgan fingerprint density at radius 3 is 2.18 bits per heavy atom. The summed E-state index contributed by atoms with van der Waals surface area (Å²) in [4.78, 5) is 11.2. The molecule has 0 aliphatic heterocycles. The van der Waals surface area contributed by atoms with Crippen LogP contribution in [-0.4, -0.2) is 11.1 Å². The molecule has 0 bridgehead atoms. The van der Waals surface area contributed by atoms with E-state index in [0.717, 1.165) is 12.3 Å². The molecule has 0 aromatic rings. The summed E-state index contributed by atoms with van der Waals surface area (Å²) in [6, 6.07) is 0. The average molecular weight is 240 g/mol. The molecule has 17 heavy (non-hydrogen) atoms. The second kappa shape index (κ2) is 5.88. The molecular formula is C15H28O2. The Hall–Kier alpha value is -0.530. The van der Waals surface area contributed by atoms with Gasteiger partial charge in [-0.05, 0) is 36.0 Å². The van der Waals surface area contributed by atoms with Gasteiger partial charge in [-0.1, -0.05) is 47.5 Å². The summed E-state index contributed by atoms with van der Waals surface area (Å²) < 4.78 is 0. The highest BCUT2D eigenvalue weighted by Crippen LogP contribution is 2.47. The quantitative estimate of drug-likeness (QED) is 0.787. The maximum absolute atomic E-state index is 11.2. The summed E-state index contributed by atoms with van der Waals surface area (Å²) >= 11 is 0. The lowest BCUT2D eigenvalue weighted by Gasteiger charge is -2.33. The number of carboxylic acid groups (broad SMARTS) is 1. The van der Waals surface area contributed by atoms with Crippen LogP contribution in [0.5, 0.6) is 0 Å². The standard InChI is InChI=1S/C15H28O2/c1-6-12(7-2)10(4)14-9(3)8-13(11(14)5)15(16)17/h9-14H,6-8H2,1-5H3,(H,16,17). The van der Waals surface area contributed by atoms with Gasteiger partial charge in [0, 0.05) is 0 Å². The van der Waals surface area contributed by atoms with Crippen LogP contribution in [0.25, 0.3) is 0 Å². The zero-order valence-electron chi connectivity index (χ0n) is 11.9. The van der Waals surface area contributed by atoms with Gasteiger partial charge in [0.25, 0.3) is 0 Å². The number of aliphatic carboxylic acids is 1. The molecule has 1 fully saturated rings. The van der Waals surface area contributed by atoms with Crippen LogP contribution in [0.15, 0.2) is 0 Å². The summed E-state index contributed by atoms with van der Waals surface area (Å²) in [5.41, 5.74) is 0. The molecule has 2 nitrogen and oxygen atoms in total. The summed E-state index contributed by atoms with van der Waals surface area (Å²) in [6.45, 7) is 11.2. The van der Waals surface area contributed by atoms with Crippen molar-refractivity contribution in [1.29, 1.82) is 0 Å². The lowest BCUT2D eigenvalue weighted by molar-refractivity contribution is -0.143. The maximum Gasteiger partial charge on any atom is 0.306 e. The Labute approximate surface area is 106 Å². The van der Waals surface area contributed by atoms with Crippen LogP contribution >= 0.6 is 0 Å². The molecule has 0 spiro atoms. The summed E-state index contributed by atoms with van der Waals surface area (Å²) in [5, 5.41) is 9.25. The minimum absolute atomic E-state index is 0.119. The topological polar surface area (TPSA) is 37.3 Å². The SMILES string of the molecule is CCC(CC)C(C)C1C(C)CC(C(=O)O)C1C. The molecule has 0 amide bonds. The van der Waals surface area contributed by atoms with Crippen molar-refractivity contribution in [3.8, 4) is 0 Å². The number of hydrogen-bond acceptors (Lipinski definition) is 1. The second-order valence-electron chi connectivity index (χ2n) is 6.03. The van der Waals surface area contributed by atoms with Crippen molar-refractivity contribution in [3.05, 3.63) is 0 Å². The molecule has 0 heterocycles. The molecular weight excluding hydrogens is 212 g/mol. The van der Waals surface area contributed by atoms with E-state index in [9.17, 15) is 9.90 Å². The molecule has 0 saturated heterocycles. The molecule has 1 rings (SSSR count). The zero-order valence-corrected chi connectivity index (χ0v) is 11.9. The van der Waals surface area contributed by atoms with E-state index in [0.29, 0.717) is 23.7 Å². The first-order valence-electron chi connectivity index (χ1n) is 7.16. The van der Waals surface area contributed by atoms with E-state index < -0.39 is 5.97 Å². The Bertz CT molecular complexity index is 258. The van der Waals surface area contributed by atoms with E-state index in [1.807, 2.05) is 0 Å². The molecule has 0 radical (unpaired) electrons. The Morgan fingerprint density at radius 2 is 1.82 bits per heavy atom. The lowest BCUT2D eigenvalue weighted by atomic mass is 9.72. The third-order valence-electron chi connectivity index (χ3n) is 5.24. The lowest BCUT2D eigenvalue weighted by Crippen LogP contribution is -2.28. The fourth-order valence-corrected chi connectivity index (χ4v) is 4.23. The predicted molar refractivity (Wildman–Crippen MR) is 70.8 cm³/mol.